The monoisotopic (exact) mass is 400 g/mol. The van der Waals surface area contributed by atoms with E-state index in [0.29, 0.717) is 27.8 Å². The van der Waals surface area contributed by atoms with Gasteiger partial charge < -0.3 is 4.74 Å². The molecular formula is C28H48O. The van der Waals surface area contributed by atoms with Crippen LogP contribution in [-0.2, 0) is 4.74 Å². The molecule has 29 heavy (non-hydrogen) atoms. The fourth-order valence-electron chi connectivity index (χ4n) is 11.3. The zero-order valence-corrected chi connectivity index (χ0v) is 20.5. The highest BCUT2D eigenvalue weighted by Crippen LogP contribution is 2.75. The highest BCUT2D eigenvalue weighted by molar-refractivity contribution is 5.17. The van der Waals surface area contributed by atoms with Crippen LogP contribution in [0.1, 0.15) is 106 Å². The number of fused-ring (bicyclic) bond motifs is 7. The Morgan fingerprint density at radius 2 is 1.41 bits per heavy atom. The van der Waals surface area contributed by atoms with Gasteiger partial charge in [0.05, 0.1) is 6.10 Å². The zero-order valence-electron chi connectivity index (χ0n) is 20.5. The number of rotatable bonds is 1. The molecule has 0 aromatic carbocycles. The van der Waals surface area contributed by atoms with Crippen molar-refractivity contribution in [2.24, 2.45) is 57.2 Å². The van der Waals surface area contributed by atoms with Crippen LogP contribution in [0.3, 0.4) is 0 Å². The molecule has 5 aliphatic carbocycles. The van der Waals surface area contributed by atoms with Crippen LogP contribution in [0.5, 0.6) is 0 Å². The molecule has 1 nitrogen and oxygen atoms in total. The molecule has 1 heteroatoms. The third-order valence-electron chi connectivity index (χ3n) is 12.9. The van der Waals surface area contributed by atoms with Crippen LogP contribution in [0.4, 0.5) is 0 Å². The summed E-state index contributed by atoms with van der Waals surface area (Å²) in [6.07, 6.45) is 15.1. The van der Waals surface area contributed by atoms with Gasteiger partial charge in [-0.3, -0.25) is 0 Å². The fraction of sp³-hybridized carbons (Fsp3) is 1.00. The lowest BCUT2D eigenvalue weighted by molar-refractivity contribution is -0.243. The molecule has 0 N–H and O–H groups in total. The van der Waals surface area contributed by atoms with Crippen molar-refractivity contribution in [1.29, 1.82) is 0 Å². The van der Waals surface area contributed by atoms with Crippen molar-refractivity contribution in [2.75, 3.05) is 7.11 Å². The zero-order chi connectivity index (χ0) is 20.8. The average Bonchev–Trinajstić information content (AvgIpc) is 3.03. The summed E-state index contributed by atoms with van der Waals surface area (Å²) in [6.45, 7) is 15.9. The summed E-state index contributed by atoms with van der Waals surface area (Å²) in [5.41, 5.74) is 1.95. The summed E-state index contributed by atoms with van der Waals surface area (Å²) >= 11 is 0. The first kappa shape index (κ1) is 20.8. The Bertz CT molecular complexity index is 653. The number of methoxy groups -OCH3 is 1. The number of hydrogen-bond acceptors (Lipinski definition) is 1. The molecule has 0 spiro atoms. The molecule has 5 rings (SSSR count). The lowest BCUT2D eigenvalue weighted by atomic mass is 9.33. The molecule has 0 aromatic heterocycles. The minimum Gasteiger partial charge on any atom is -0.381 e. The van der Waals surface area contributed by atoms with E-state index < -0.39 is 0 Å². The molecule has 10 unspecified atom stereocenters. The molecule has 0 heterocycles. The summed E-state index contributed by atoms with van der Waals surface area (Å²) in [5.74, 6) is 5.83. The van der Waals surface area contributed by atoms with Gasteiger partial charge in [-0.05, 0) is 115 Å². The van der Waals surface area contributed by atoms with Crippen molar-refractivity contribution in [3.05, 3.63) is 0 Å². The summed E-state index contributed by atoms with van der Waals surface area (Å²) < 4.78 is 6.03. The van der Waals surface area contributed by atoms with Crippen LogP contribution < -0.4 is 0 Å². The first-order chi connectivity index (χ1) is 13.6. The molecule has 5 aliphatic rings. The Hall–Kier alpha value is -0.0400. The second-order valence-corrected chi connectivity index (χ2v) is 13.7. The molecular weight excluding hydrogens is 352 g/mol. The summed E-state index contributed by atoms with van der Waals surface area (Å²) in [5, 5.41) is 0. The third kappa shape index (κ3) is 2.49. The minimum atomic E-state index is 0.318. The Morgan fingerprint density at radius 3 is 2.14 bits per heavy atom. The van der Waals surface area contributed by atoms with Gasteiger partial charge in [-0.25, -0.2) is 0 Å². The second kappa shape index (κ2) is 6.49. The van der Waals surface area contributed by atoms with E-state index in [9.17, 15) is 0 Å². The van der Waals surface area contributed by atoms with Gasteiger partial charge >= 0.3 is 0 Å². The van der Waals surface area contributed by atoms with Gasteiger partial charge in [0.25, 0.3) is 0 Å². The summed E-state index contributed by atoms with van der Waals surface area (Å²) in [6, 6.07) is 0. The van der Waals surface area contributed by atoms with Gasteiger partial charge in [0.2, 0.25) is 0 Å². The SMILES string of the molecule is COC1CCC2(C)C(CCC3(C)C2CCC2C4C(C)CCC4CCC23C)C1(C)C. The van der Waals surface area contributed by atoms with Crippen molar-refractivity contribution in [3.8, 4) is 0 Å². The predicted octanol–water partition coefficient (Wildman–Crippen LogP) is 7.73. The topological polar surface area (TPSA) is 9.23 Å². The second-order valence-electron chi connectivity index (χ2n) is 13.7. The molecule has 166 valence electrons. The van der Waals surface area contributed by atoms with Crippen LogP contribution >= 0.6 is 0 Å². The number of ether oxygens (including phenoxy) is 1. The van der Waals surface area contributed by atoms with Gasteiger partial charge in [-0.2, -0.15) is 0 Å². The Labute approximate surface area is 181 Å². The predicted molar refractivity (Wildman–Crippen MR) is 122 cm³/mol. The Balaban J connectivity index is 1.51. The maximum absolute atomic E-state index is 6.03. The lowest BCUT2D eigenvalue weighted by Crippen LogP contribution is -2.66. The van der Waals surface area contributed by atoms with Gasteiger partial charge in [0.15, 0.2) is 0 Å². The standard InChI is InChI=1S/C28H48O/c1-18-8-9-19-12-16-27(5)20(24(18)19)10-11-22-26(4)15-14-23(29-7)25(2,3)21(26)13-17-28(22,27)6/h18-24H,8-17H2,1-7H3. The maximum atomic E-state index is 6.03. The molecule has 10 atom stereocenters. The minimum absolute atomic E-state index is 0.318. The van der Waals surface area contributed by atoms with E-state index in [-0.39, 0.29) is 0 Å². The normalized spacial score (nSPS) is 58.7. The van der Waals surface area contributed by atoms with E-state index in [1.165, 1.54) is 64.2 Å². The molecule has 0 saturated heterocycles. The first-order valence-electron chi connectivity index (χ1n) is 13.1. The molecule has 5 fully saturated rings. The smallest absolute Gasteiger partial charge is 0.0625 e. The lowest BCUT2D eigenvalue weighted by Gasteiger charge is -2.72. The van der Waals surface area contributed by atoms with E-state index in [0.717, 1.165) is 35.5 Å². The van der Waals surface area contributed by atoms with Crippen LogP contribution in [0, 0.1) is 57.2 Å². The van der Waals surface area contributed by atoms with Crippen molar-refractivity contribution >= 4 is 0 Å². The third-order valence-corrected chi connectivity index (χ3v) is 12.9. The van der Waals surface area contributed by atoms with E-state index in [4.69, 9.17) is 4.74 Å². The first-order valence-corrected chi connectivity index (χ1v) is 13.1. The van der Waals surface area contributed by atoms with Gasteiger partial charge in [0, 0.05) is 7.11 Å². The van der Waals surface area contributed by atoms with Gasteiger partial charge in [-0.1, -0.05) is 48.0 Å². The Kier molecular flexibility index (Phi) is 4.66. The average molecular weight is 401 g/mol. The Morgan fingerprint density at radius 1 is 0.690 bits per heavy atom. The number of hydrogen-bond donors (Lipinski definition) is 0. The van der Waals surface area contributed by atoms with Crippen LogP contribution in [0.15, 0.2) is 0 Å². The molecule has 0 aromatic rings. The van der Waals surface area contributed by atoms with Crippen molar-refractivity contribution in [1.82, 2.24) is 0 Å². The van der Waals surface area contributed by atoms with E-state index >= 15 is 0 Å². The highest BCUT2D eigenvalue weighted by atomic mass is 16.5. The summed E-state index contributed by atoms with van der Waals surface area (Å²) in [7, 11) is 1.95. The van der Waals surface area contributed by atoms with Crippen LogP contribution in [-0.4, -0.2) is 13.2 Å². The van der Waals surface area contributed by atoms with Crippen molar-refractivity contribution in [3.63, 3.8) is 0 Å². The molecule has 0 amide bonds. The van der Waals surface area contributed by atoms with Crippen LogP contribution in [0.2, 0.25) is 0 Å². The van der Waals surface area contributed by atoms with E-state index in [1.54, 1.807) is 0 Å². The molecule has 0 aliphatic heterocycles. The van der Waals surface area contributed by atoms with Gasteiger partial charge in [0.1, 0.15) is 0 Å². The summed E-state index contributed by atoms with van der Waals surface area (Å²) in [4.78, 5) is 0. The fourth-order valence-corrected chi connectivity index (χ4v) is 11.3. The quantitative estimate of drug-likeness (QED) is 0.437. The van der Waals surface area contributed by atoms with Crippen LogP contribution in [0.25, 0.3) is 0 Å². The van der Waals surface area contributed by atoms with E-state index in [2.05, 4.69) is 41.5 Å². The van der Waals surface area contributed by atoms with Gasteiger partial charge in [-0.15, -0.1) is 0 Å². The van der Waals surface area contributed by atoms with Crippen molar-refractivity contribution in [2.45, 2.75) is 112 Å². The van der Waals surface area contributed by atoms with E-state index in [1.807, 2.05) is 7.11 Å². The molecule has 5 saturated carbocycles. The maximum Gasteiger partial charge on any atom is 0.0625 e. The molecule has 0 radical (unpaired) electrons. The molecule has 0 bridgehead atoms. The van der Waals surface area contributed by atoms with Crippen molar-refractivity contribution < 1.29 is 4.74 Å². The highest BCUT2D eigenvalue weighted by Gasteiger charge is 2.68. The largest absolute Gasteiger partial charge is 0.381 e.